The van der Waals surface area contributed by atoms with Gasteiger partial charge in [-0.25, -0.2) is 9.97 Å². The van der Waals surface area contributed by atoms with Gasteiger partial charge in [0.05, 0.1) is 36.0 Å². The zero-order valence-electron chi connectivity index (χ0n) is 14.0. The van der Waals surface area contributed by atoms with Crippen molar-refractivity contribution >= 4 is 17.6 Å². The normalized spacial score (nSPS) is 11.5. The fraction of sp³-hybridized carbons (Fsp3) is 0.167. The SMILES string of the molecule is Cn1cc(Nc2nccc(-c3ccc(C(C#N)CC(=O)O)cc3)n2)cn1. The maximum Gasteiger partial charge on any atom is 0.305 e. The van der Waals surface area contributed by atoms with Crippen LogP contribution in [-0.2, 0) is 11.8 Å². The van der Waals surface area contributed by atoms with Gasteiger partial charge < -0.3 is 10.4 Å². The van der Waals surface area contributed by atoms with Crippen molar-refractivity contribution in [3.8, 4) is 17.3 Å². The number of hydrogen-bond donors (Lipinski definition) is 2. The number of carboxylic acid groups (broad SMARTS) is 1. The Balaban J connectivity index is 1.80. The molecular weight excluding hydrogens is 332 g/mol. The van der Waals surface area contributed by atoms with Gasteiger partial charge in [0.15, 0.2) is 0 Å². The molecule has 0 fully saturated rings. The first-order valence-corrected chi connectivity index (χ1v) is 7.85. The summed E-state index contributed by atoms with van der Waals surface area (Å²) in [6.45, 7) is 0. The molecule has 0 aliphatic rings. The monoisotopic (exact) mass is 348 g/mol. The molecule has 130 valence electrons. The Morgan fingerprint density at radius 3 is 2.73 bits per heavy atom. The third kappa shape index (κ3) is 4.02. The highest BCUT2D eigenvalue weighted by atomic mass is 16.4. The molecule has 3 aromatic rings. The van der Waals surface area contributed by atoms with Gasteiger partial charge in [-0.3, -0.25) is 9.48 Å². The average molecular weight is 348 g/mol. The summed E-state index contributed by atoms with van der Waals surface area (Å²) in [4.78, 5) is 19.5. The number of aliphatic carboxylic acids is 1. The zero-order chi connectivity index (χ0) is 18.5. The predicted octanol–water partition coefficient (Wildman–Crippen LogP) is 2.70. The fourth-order valence-electron chi connectivity index (χ4n) is 2.49. The molecule has 3 rings (SSSR count). The third-order valence-corrected chi connectivity index (χ3v) is 3.76. The van der Waals surface area contributed by atoms with Crippen molar-refractivity contribution in [1.29, 1.82) is 5.26 Å². The van der Waals surface area contributed by atoms with Crippen LogP contribution < -0.4 is 5.32 Å². The van der Waals surface area contributed by atoms with Gasteiger partial charge in [0.2, 0.25) is 5.95 Å². The molecule has 0 aliphatic heterocycles. The van der Waals surface area contributed by atoms with Crippen LogP contribution in [0.2, 0.25) is 0 Å². The lowest BCUT2D eigenvalue weighted by Crippen LogP contribution is -2.04. The number of nitrogens with zero attached hydrogens (tertiary/aromatic N) is 5. The number of anilines is 2. The Kier molecular flexibility index (Phi) is 4.90. The van der Waals surface area contributed by atoms with Gasteiger partial charge in [0.25, 0.3) is 0 Å². The molecule has 0 amide bonds. The minimum atomic E-state index is -0.998. The maximum absolute atomic E-state index is 10.8. The number of benzene rings is 1. The van der Waals surface area contributed by atoms with E-state index >= 15 is 0 Å². The molecule has 8 nitrogen and oxygen atoms in total. The van der Waals surface area contributed by atoms with Gasteiger partial charge in [0, 0.05) is 25.0 Å². The van der Waals surface area contributed by atoms with Crippen molar-refractivity contribution in [2.75, 3.05) is 5.32 Å². The summed E-state index contributed by atoms with van der Waals surface area (Å²) in [6, 6.07) is 10.9. The summed E-state index contributed by atoms with van der Waals surface area (Å²) in [7, 11) is 1.82. The predicted molar refractivity (Wildman–Crippen MR) is 94.6 cm³/mol. The van der Waals surface area contributed by atoms with E-state index in [2.05, 4.69) is 20.4 Å². The molecule has 0 spiro atoms. The van der Waals surface area contributed by atoms with Crippen molar-refractivity contribution in [2.45, 2.75) is 12.3 Å². The van der Waals surface area contributed by atoms with Crippen LogP contribution in [0.5, 0.6) is 0 Å². The number of nitriles is 1. The van der Waals surface area contributed by atoms with Crippen LogP contribution in [0.1, 0.15) is 17.9 Å². The average Bonchev–Trinajstić information content (AvgIpc) is 3.04. The van der Waals surface area contributed by atoms with Gasteiger partial charge in [-0.1, -0.05) is 24.3 Å². The largest absolute Gasteiger partial charge is 0.481 e. The van der Waals surface area contributed by atoms with Gasteiger partial charge in [-0.15, -0.1) is 0 Å². The standard InChI is InChI=1S/C18H16N6O2/c1-24-11-15(10-21-24)22-18-20-7-6-16(23-18)13-4-2-12(3-5-13)14(9-19)8-17(25)26/h2-7,10-11,14H,8H2,1H3,(H,25,26)(H,20,22,23). The fourth-order valence-corrected chi connectivity index (χ4v) is 2.49. The minimum Gasteiger partial charge on any atom is -0.481 e. The van der Waals surface area contributed by atoms with E-state index in [4.69, 9.17) is 10.4 Å². The van der Waals surface area contributed by atoms with Gasteiger partial charge in [-0.05, 0) is 11.6 Å². The molecule has 8 heteroatoms. The Morgan fingerprint density at radius 2 is 2.12 bits per heavy atom. The van der Waals surface area contributed by atoms with E-state index in [1.807, 2.05) is 31.4 Å². The van der Waals surface area contributed by atoms with Gasteiger partial charge in [0.1, 0.15) is 0 Å². The number of hydrogen-bond acceptors (Lipinski definition) is 6. The molecule has 0 saturated carbocycles. The lowest BCUT2D eigenvalue weighted by Gasteiger charge is -2.08. The number of carboxylic acids is 1. The second-order valence-corrected chi connectivity index (χ2v) is 5.69. The van der Waals surface area contributed by atoms with Crippen LogP contribution in [0, 0.1) is 11.3 Å². The summed E-state index contributed by atoms with van der Waals surface area (Å²) in [5.74, 6) is -1.22. The highest BCUT2D eigenvalue weighted by molar-refractivity contribution is 5.69. The van der Waals surface area contributed by atoms with Gasteiger partial charge >= 0.3 is 5.97 Å². The van der Waals surface area contributed by atoms with Crippen molar-refractivity contribution in [3.05, 3.63) is 54.5 Å². The molecule has 2 aromatic heterocycles. The molecule has 0 radical (unpaired) electrons. The van der Waals surface area contributed by atoms with E-state index in [-0.39, 0.29) is 6.42 Å². The molecule has 2 heterocycles. The Labute approximate surface area is 149 Å². The van der Waals surface area contributed by atoms with Crippen LogP contribution in [0.3, 0.4) is 0 Å². The Bertz CT molecular complexity index is 958. The smallest absolute Gasteiger partial charge is 0.305 e. The molecule has 1 atom stereocenters. The van der Waals surface area contributed by atoms with Crippen molar-refractivity contribution in [3.63, 3.8) is 0 Å². The summed E-state index contributed by atoms with van der Waals surface area (Å²) in [5.41, 5.74) is 3.01. The first kappa shape index (κ1) is 17.1. The molecular formula is C18H16N6O2. The lowest BCUT2D eigenvalue weighted by atomic mass is 9.96. The second-order valence-electron chi connectivity index (χ2n) is 5.69. The van der Waals surface area contributed by atoms with Crippen molar-refractivity contribution in [1.82, 2.24) is 19.7 Å². The van der Waals surface area contributed by atoms with Crippen LogP contribution >= 0.6 is 0 Å². The number of nitrogens with one attached hydrogen (secondary N) is 1. The summed E-state index contributed by atoms with van der Waals surface area (Å²) < 4.78 is 1.67. The first-order chi connectivity index (χ1) is 12.5. The van der Waals surface area contributed by atoms with Crippen LogP contribution in [0.4, 0.5) is 11.6 Å². The number of aromatic nitrogens is 4. The molecule has 1 unspecified atom stereocenters. The molecule has 26 heavy (non-hydrogen) atoms. The maximum atomic E-state index is 10.8. The van der Waals surface area contributed by atoms with Gasteiger partial charge in [-0.2, -0.15) is 10.4 Å². The molecule has 0 bridgehead atoms. The third-order valence-electron chi connectivity index (χ3n) is 3.76. The molecule has 2 N–H and O–H groups in total. The second kappa shape index (κ2) is 7.44. The zero-order valence-corrected chi connectivity index (χ0v) is 14.0. The lowest BCUT2D eigenvalue weighted by molar-refractivity contribution is -0.137. The van der Waals surface area contributed by atoms with Crippen molar-refractivity contribution in [2.24, 2.45) is 7.05 Å². The molecule has 0 aliphatic carbocycles. The van der Waals surface area contributed by atoms with E-state index in [1.165, 1.54) is 0 Å². The van der Waals surface area contributed by atoms with Crippen LogP contribution in [0.15, 0.2) is 48.9 Å². The quantitative estimate of drug-likeness (QED) is 0.703. The Hall–Kier alpha value is -3.73. The Morgan fingerprint density at radius 1 is 1.35 bits per heavy atom. The minimum absolute atomic E-state index is 0.220. The number of aryl methyl sites for hydroxylation is 1. The summed E-state index contributed by atoms with van der Waals surface area (Å²) >= 11 is 0. The van der Waals surface area contributed by atoms with E-state index in [0.717, 1.165) is 11.3 Å². The first-order valence-electron chi connectivity index (χ1n) is 7.85. The van der Waals surface area contributed by atoms with E-state index in [0.29, 0.717) is 17.2 Å². The highest BCUT2D eigenvalue weighted by Crippen LogP contribution is 2.24. The topological polar surface area (TPSA) is 117 Å². The highest BCUT2D eigenvalue weighted by Gasteiger charge is 2.15. The molecule has 0 saturated heterocycles. The van der Waals surface area contributed by atoms with Crippen LogP contribution in [-0.4, -0.2) is 30.8 Å². The summed E-state index contributed by atoms with van der Waals surface area (Å²) in [6.07, 6.45) is 4.92. The summed E-state index contributed by atoms with van der Waals surface area (Å²) in [5, 5.41) is 25.2. The van der Waals surface area contributed by atoms with E-state index in [1.54, 1.807) is 35.3 Å². The van der Waals surface area contributed by atoms with E-state index < -0.39 is 11.9 Å². The molecule has 1 aromatic carbocycles. The number of carbonyl (C=O) groups is 1. The number of rotatable bonds is 6. The van der Waals surface area contributed by atoms with E-state index in [9.17, 15) is 4.79 Å². The van der Waals surface area contributed by atoms with Crippen LogP contribution in [0.25, 0.3) is 11.3 Å². The van der Waals surface area contributed by atoms with Crippen molar-refractivity contribution < 1.29 is 9.90 Å².